The maximum atomic E-state index is 12.9. The van der Waals surface area contributed by atoms with E-state index in [4.69, 9.17) is 4.74 Å². The van der Waals surface area contributed by atoms with Crippen LogP contribution in [0.3, 0.4) is 0 Å². The molecule has 0 bridgehead atoms. The van der Waals surface area contributed by atoms with Gasteiger partial charge in [-0.1, -0.05) is 15.9 Å². The maximum Gasteiger partial charge on any atom is 0.235 e. The number of thioether (sulfide) groups is 1. The summed E-state index contributed by atoms with van der Waals surface area (Å²) in [6.45, 7) is 5.39. The molecule has 1 amide bonds. The summed E-state index contributed by atoms with van der Waals surface area (Å²) in [5.41, 5.74) is 1.18. The summed E-state index contributed by atoms with van der Waals surface area (Å²) in [5.74, 6) is 1.09. The molecule has 1 saturated heterocycles. The standard InChI is InChI=1S/C21H25BrN2O2S/c1-16(27-20-10-4-17(22)5-11-20)21(25)24-13-3-12-23(14-15-24)18-6-8-19(26-2)9-7-18/h4-11,16H,3,12-15H2,1-2H3. The lowest BCUT2D eigenvalue weighted by Crippen LogP contribution is -2.39. The molecule has 27 heavy (non-hydrogen) atoms. The van der Waals surface area contributed by atoms with Crippen molar-refractivity contribution in [1.29, 1.82) is 0 Å². The van der Waals surface area contributed by atoms with E-state index in [1.165, 1.54) is 5.69 Å². The number of hydrogen-bond donors (Lipinski definition) is 0. The van der Waals surface area contributed by atoms with Gasteiger partial charge >= 0.3 is 0 Å². The maximum absolute atomic E-state index is 12.9. The van der Waals surface area contributed by atoms with E-state index in [0.29, 0.717) is 0 Å². The third-order valence-corrected chi connectivity index (χ3v) is 6.35. The van der Waals surface area contributed by atoms with E-state index in [-0.39, 0.29) is 11.2 Å². The van der Waals surface area contributed by atoms with Gasteiger partial charge in [0.2, 0.25) is 5.91 Å². The smallest absolute Gasteiger partial charge is 0.235 e. The molecule has 3 rings (SSSR count). The van der Waals surface area contributed by atoms with Crippen molar-refractivity contribution in [2.45, 2.75) is 23.5 Å². The van der Waals surface area contributed by atoms with Gasteiger partial charge in [0.25, 0.3) is 0 Å². The summed E-state index contributed by atoms with van der Waals surface area (Å²) in [6, 6.07) is 16.3. The lowest BCUT2D eigenvalue weighted by molar-refractivity contribution is -0.130. The Balaban J connectivity index is 1.57. The van der Waals surface area contributed by atoms with Gasteiger partial charge in [0.05, 0.1) is 12.4 Å². The summed E-state index contributed by atoms with van der Waals surface area (Å²) in [4.78, 5) is 18.4. The Hall–Kier alpha value is -1.66. The van der Waals surface area contributed by atoms with Gasteiger partial charge in [-0.2, -0.15) is 0 Å². The summed E-state index contributed by atoms with van der Waals surface area (Å²) in [7, 11) is 1.68. The average Bonchev–Trinajstić information content (AvgIpc) is 2.95. The number of methoxy groups -OCH3 is 1. The van der Waals surface area contributed by atoms with E-state index < -0.39 is 0 Å². The first-order chi connectivity index (χ1) is 13.1. The monoisotopic (exact) mass is 448 g/mol. The first-order valence-electron chi connectivity index (χ1n) is 9.17. The number of amides is 1. The van der Waals surface area contributed by atoms with Gasteiger partial charge in [-0.15, -0.1) is 11.8 Å². The number of hydrogen-bond acceptors (Lipinski definition) is 4. The van der Waals surface area contributed by atoms with Gasteiger partial charge in [0.1, 0.15) is 5.75 Å². The molecule has 0 spiro atoms. The molecular weight excluding hydrogens is 424 g/mol. The molecule has 1 aliphatic rings. The molecule has 6 heteroatoms. The van der Waals surface area contributed by atoms with Crippen LogP contribution in [-0.4, -0.2) is 49.3 Å². The third kappa shape index (κ3) is 5.42. The first-order valence-corrected chi connectivity index (χ1v) is 10.8. The largest absolute Gasteiger partial charge is 0.497 e. The molecule has 2 aromatic carbocycles. The van der Waals surface area contributed by atoms with Crippen LogP contribution in [0.4, 0.5) is 5.69 Å². The zero-order chi connectivity index (χ0) is 19.2. The van der Waals surface area contributed by atoms with Crippen LogP contribution in [0.25, 0.3) is 0 Å². The second-order valence-electron chi connectivity index (χ2n) is 6.58. The van der Waals surface area contributed by atoms with E-state index in [2.05, 4.69) is 33.0 Å². The van der Waals surface area contributed by atoms with Crippen LogP contribution >= 0.6 is 27.7 Å². The number of nitrogens with zero attached hydrogens (tertiary/aromatic N) is 2. The van der Waals surface area contributed by atoms with Crippen molar-refractivity contribution >= 4 is 39.3 Å². The topological polar surface area (TPSA) is 32.8 Å². The molecule has 2 aromatic rings. The molecule has 0 aromatic heterocycles. The summed E-state index contributed by atoms with van der Waals surface area (Å²) >= 11 is 5.07. The van der Waals surface area contributed by atoms with Gasteiger partial charge in [-0.3, -0.25) is 4.79 Å². The van der Waals surface area contributed by atoms with Gasteiger partial charge in [0.15, 0.2) is 0 Å². The fourth-order valence-corrected chi connectivity index (χ4v) is 4.43. The van der Waals surface area contributed by atoms with Crippen LogP contribution < -0.4 is 9.64 Å². The van der Waals surface area contributed by atoms with E-state index in [1.54, 1.807) is 18.9 Å². The highest BCUT2D eigenvalue weighted by atomic mass is 79.9. The lowest BCUT2D eigenvalue weighted by atomic mass is 10.2. The number of anilines is 1. The second kappa shape index (κ2) is 9.51. The molecule has 0 saturated carbocycles. The number of halogens is 1. The van der Waals surface area contributed by atoms with Gasteiger partial charge < -0.3 is 14.5 Å². The molecule has 0 aliphatic carbocycles. The van der Waals surface area contributed by atoms with Crippen molar-refractivity contribution in [2.24, 2.45) is 0 Å². The van der Waals surface area contributed by atoms with Crippen LogP contribution in [-0.2, 0) is 4.79 Å². The van der Waals surface area contributed by atoms with Crippen LogP contribution in [0.2, 0.25) is 0 Å². The van der Waals surface area contributed by atoms with E-state index in [9.17, 15) is 4.79 Å². The molecule has 1 atom stereocenters. The van der Waals surface area contributed by atoms with Crippen LogP contribution in [0.15, 0.2) is 57.9 Å². The van der Waals surface area contributed by atoms with Crippen molar-refractivity contribution in [1.82, 2.24) is 4.90 Å². The highest BCUT2D eigenvalue weighted by Gasteiger charge is 2.24. The Morgan fingerprint density at radius 3 is 2.41 bits per heavy atom. The predicted molar refractivity (Wildman–Crippen MR) is 116 cm³/mol. The van der Waals surface area contributed by atoms with Crippen molar-refractivity contribution in [2.75, 3.05) is 38.2 Å². The Morgan fingerprint density at radius 2 is 1.74 bits per heavy atom. The van der Waals surface area contributed by atoms with Gasteiger partial charge in [0, 0.05) is 41.2 Å². The summed E-state index contributed by atoms with van der Waals surface area (Å²) in [5, 5.41) is -0.0845. The number of carbonyl (C=O) groups excluding carboxylic acids is 1. The Morgan fingerprint density at radius 1 is 1.04 bits per heavy atom. The van der Waals surface area contributed by atoms with Crippen LogP contribution in [0.5, 0.6) is 5.75 Å². The van der Waals surface area contributed by atoms with Gasteiger partial charge in [-0.05, 0) is 61.9 Å². The fourth-order valence-electron chi connectivity index (χ4n) is 3.21. The predicted octanol–water partition coefficient (Wildman–Crippen LogP) is 4.68. The zero-order valence-electron chi connectivity index (χ0n) is 15.7. The zero-order valence-corrected chi connectivity index (χ0v) is 18.1. The molecule has 1 fully saturated rings. The van der Waals surface area contributed by atoms with Crippen molar-refractivity contribution in [3.05, 3.63) is 53.0 Å². The Kier molecular flexibility index (Phi) is 7.07. The summed E-state index contributed by atoms with van der Waals surface area (Å²) < 4.78 is 6.29. The highest BCUT2D eigenvalue weighted by molar-refractivity contribution is 9.10. The number of carbonyl (C=O) groups is 1. The Labute approximate surface area is 174 Å². The molecular formula is C21H25BrN2O2S. The summed E-state index contributed by atoms with van der Waals surface area (Å²) in [6.07, 6.45) is 0.980. The normalized spacial score (nSPS) is 16.0. The lowest BCUT2D eigenvalue weighted by Gasteiger charge is -2.25. The van der Waals surface area contributed by atoms with Crippen LogP contribution in [0.1, 0.15) is 13.3 Å². The van der Waals surface area contributed by atoms with Crippen molar-refractivity contribution < 1.29 is 9.53 Å². The molecule has 0 N–H and O–H groups in total. The number of benzene rings is 2. The quantitative estimate of drug-likeness (QED) is 0.621. The van der Waals surface area contributed by atoms with E-state index in [0.717, 1.165) is 47.7 Å². The van der Waals surface area contributed by atoms with E-state index >= 15 is 0 Å². The minimum Gasteiger partial charge on any atom is -0.497 e. The SMILES string of the molecule is COc1ccc(N2CCCN(C(=O)C(C)Sc3ccc(Br)cc3)CC2)cc1. The van der Waals surface area contributed by atoms with Crippen molar-refractivity contribution in [3.63, 3.8) is 0 Å². The molecule has 144 valence electrons. The molecule has 1 unspecified atom stereocenters. The molecule has 1 heterocycles. The van der Waals surface area contributed by atoms with Crippen molar-refractivity contribution in [3.8, 4) is 5.75 Å². The second-order valence-corrected chi connectivity index (χ2v) is 8.91. The average molecular weight is 449 g/mol. The molecule has 4 nitrogen and oxygen atoms in total. The Bertz CT molecular complexity index is 752. The molecule has 1 aliphatic heterocycles. The number of rotatable bonds is 5. The number of ether oxygens (including phenoxy) is 1. The van der Waals surface area contributed by atoms with E-state index in [1.807, 2.05) is 48.2 Å². The first kappa shape index (κ1) is 20.1. The van der Waals surface area contributed by atoms with Crippen LogP contribution in [0, 0.1) is 0 Å². The van der Waals surface area contributed by atoms with Gasteiger partial charge in [-0.25, -0.2) is 0 Å². The third-order valence-electron chi connectivity index (χ3n) is 4.72. The molecule has 0 radical (unpaired) electrons. The fraction of sp³-hybridized carbons (Fsp3) is 0.381. The highest BCUT2D eigenvalue weighted by Crippen LogP contribution is 2.27. The minimum atomic E-state index is -0.0845. The minimum absolute atomic E-state index is 0.0845.